The molecule has 16 aromatic rings. The van der Waals surface area contributed by atoms with E-state index in [9.17, 15) is 0 Å². The lowest BCUT2D eigenvalue weighted by Crippen LogP contribution is -2.06. The van der Waals surface area contributed by atoms with Crippen molar-refractivity contribution in [1.82, 2.24) is 59.1 Å². The van der Waals surface area contributed by atoms with Gasteiger partial charge in [-0.05, 0) is 105 Å². The van der Waals surface area contributed by atoms with Crippen molar-refractivity contribution in [2.24, 2.45) is 5.92 Å². The molecule has 0 fully saturated rings. The van der Waals surface area contributed by atoms with E-state index in [1.165, 1.54) is 0 Å². The number of pyridine rings is 4. The standard InChI is InChI=1S/2C23H22N4O2.2C22H20N4O2/c1-14(2)13-27-19-12-25-18-10-21(29-4)20(28-3)9-17(18)22(19)23(26-27)16-7-5-15(11-24)6-8-16;1-4-5-10-27-19-14-25-18-12-21(29-3)20(28-2)11-17(18)22(19)23(26-27)16-8-6-15(13-24)7-9-16;1-13(2)26-18-12-24-17-10-20(28-4)19(27-3)9-16(17)21(18)22(25-26)15-7-5-14(11-23)6-8-15;1-4-9-26-18-13-24-17-11-20(28-3)19(27-2)10-16(17)21(18)22(25-26)15-7-5-14(12-23)6-8-15/h5-10,12,14H,13H2,1-4H3;6-9,11-12,14H,4-5,10H2,1-3H3;5-10,12-13H,1-4H3;5-8,10-11,13H,4,9H2,1-3H3. The number of rotatable bonds is 20. The van der Waals surface area contributed by atoms with E-state index in [0.717, 1.165) is 171 Å². The first-order chi connectivity index (χ1) is 55.5. The summed E-state index contributed by atoms with van der Waals surface area (Å²) in [6, 6.07) is 54.2. The number of fused-ring (bicyclic) bond motifs is 12. The van der Waals surface area contributed by atoms with Gasteiger partial charge in [0, 0.05) is 115 Å². The van der Waals surface area contributed by atoms with E-state index < -0.39 is 0 Å². The van der Waals surface area contributed by atoms with Gasteiger partial charge in [-0.1, -0.05) is 82.6 Å². The number of hydrogen-bond acceptors (Lipinski definition) is 20. The molecule has 0 saturated carbocycles. The molecule has 8 heterocycles. The van der Waals surface area contributed by atoms with Crippen LogP contribution in [0, 0.1) is 51.2 Å². The molecule has 0 spiro atoms. The fourth-order valence-electron chi connectivity index (χ4n) is 14.0. The van der Waals surface area contributed by atoms with Crippen molar-refractivity contribution in [3.05, 3.63) is 193 Å². The molecular formula is C90H84N16O8. The highest BCUT2D eigenvalue weighted by molar-refractivity contribution is 6.15. The summed E-state index contributed by atoms with van der Waals surface area (Å²) >= 11 is 0. The van der Waals surface area contributed by atoms with Gasteiger partial charge in [-0.2, -0.15) is 41.4 Å². The van der Waals surface area contributed by atoms with E-state index in [2.05, 4.69) is 85.8 Å². The summed E-state index contributed by atoms with van der Waals surface area (Å²) in [5, 5.41) is 63.9. The molecule has 24 nitrogen and oxygen atoms in total. The normalized spacial score (nSPS) is 11.1. The van der Waals surface area contributed by atoms with Crippen LogP contribution in [0.25, 0.3) is 132 Å². The molecule has 8 aromatic heterocycles. The smallest absolute Gasteiger partial charge is 0.162 e. The van der Waals surface area contributed by atoms with E-state index >= 15 is 0 Å². The Bertz CT molecular complexity index is 6440. The average molecular weight is 1520 g/mol. The van der Waals surface area contributed by atoms with Crippen molar-refractivity contribution >= 4 is 87.2 Å². The molecule has 0 bridgehead atoms. The third kappa shape index (κ3) is 15.2. The van der Waals surface area contributed by atoms with Crippen LogP contribution in [0.15, 0.2) is 170 Å². The van der Waals surface area contributed by atoms with Crippen molar-refractivity contribution in [2.45, 2.75) is 86.5 Å². The fourth-order valence-corrected chi connectivity index (χ4v) is 14.0. The second-order valence-corrected chi connectivity index (χ2v) is 27.5. The second kappa shape index (κ2) is 34.3. The van der Waals surface area contributed by atoms with Gasteiger partial charge in [0.15, 0.2) is 46.0 Å². The molecular weight excluding hydrogens is 1430 g/mol. The minimum atomic E-state index is 0.175. The molecule has 0 amide bonds. The Morgan fingerprint density at radius 3 is 0.860 bits per heavy atom. The van der Waals surface area contributed by atoms with Gasteiger partial charge in [-0.15, -0.1) is 0 Å². The summed E-state index contributed by atoms with van der Waals surface area (Å²) < 4.78 is 51.8. The molecule has 0 saturated heterocycles. The van der Waals surface area contributed by atoms with E-state index in [4.69, 9.17) is 79.3 Å². The topological polar surface area (TPSA) is 292 Å². The van der Waals surface area contributed by atoms with Gasteiger partial charge in [0.2, 0.25) is 0 Å². The highest BCUT2D eigenvalue weighted by Crippen LogP contribution is 2.44. The third-order valence-electron chi connectivity index (χ3n) is 19.6. The van der Waals surface area contributed by atoms with E-state index in [1.807, 2.05) is 189 Å². The summed E-state index contributed by atoms with van der Waals surface area (Å²) in [6.07, 6.45) is 10.5. The zero-order valence-electron chi connectivity index (χ0n) is 66.0. The van der Waals surface area contributed by atoms with Crippen molar-refractivity contribution in [2.75, 3.05) is 56.9 Å². The SMILES string of the molecule is CCCCn1nc(-c2ccc(C#N)cc2)c2c3cc(OC)c(OC)cc3ncc21.CCCn1nc(-c2ccc(C#N)cc2)c2c3cc(OC)c(OC)cc3ncc21.COc1cc2ncc3c(c(-c4ccc(C#N)cc4)nn3C(C)C)c2cc1OC.COc1cc2ncc3c(c(-c4ccc(C#N)cc4)nn3CC(C)C)c2cc1OC. The quantitative estimate of drug-likeness (QED) is 0.0685. The molecule has 0 N–H and O–H groups in total. The molecule has 114 heavy (non-hydrogen) atoms. The predicted molar refractivity (Wildman–Crippen MR) is 444 cm³/mol. The second-order valence-electron chi connectivity index (χ2n) is 27.5. The lowest BCUT2D eigenvalue weighted by molar-refractivity contribution is 0.356. The van der Waals surface area contributed by atoms with Crippen LogP contribution in [-0.2, 0) is 19.6 Å². The number of ether oxygens (including phenoxy) is 8. The monoisotopic (exact) mass is 1520 g/mol. The summed E-state index contributed by atoms with van der Waals surface area (Å²) in [6.45, 7) is 15.2. The Morgan fingerprint density at radius 1 is 0.325 bits per heavy atom. The van der Waals surface area contributed by atoms with Crippen molar-refractivity contribution < 1.29 is 37.9 Å². The summed E-state index contributed by atoms with van der Waals surface area (Å²) in [5.41, 5.74) is 16.9. The number of methoxy groups -OCH3 is 8. The average Bonchev–Trinajstić information content (AvgIpc) is 1.59. The van der Waals surface area contributed by atoms with Crippen LogP contribution in [0.4, 0.5) is 0 Å². The predicted octanol–water partition coefficient (Wildman–Crippen LogP) is 19.0. The van der Waals surface area contributed by atoms with Crippen LogP contribution in [0.1, 0.15) is 89.1 Å². The first kappa shape index (κ1) is 77.8. The maximum absolute atomic E-state index is 9.12. The number of unbranched alkanes of at least 4 members (excludes halogenated alkanes) is 1. The number of aryl methyl sites for hydroxylation is 2. The van der Waals surface area contributed by atoms with Crippen LogP contribution >= 0.6 is 0 Å². The summed E-state index contributed by atoms with van der Waals surface area (Å²) in [4.78, 5) is 18.6. The molecule has 0 unspecified atom stereocenters. The van der Waals surface area contributed by atoms with Gasteiger partial charge in [-0.3, -0.25) is 38.7 Å². The van der Waals surface area contributed by atoms with Crippen LogP contribution < -0.4 is 37.9 Å². The van der Waals surface area contributed by atoms with Gasteiger partial charge < -0.3 is 37.9 Å². The Labute approximate surface area is 659 Å². The molecule has 0 aliphatic rings. The van der Waals surface area contributed by atoms with Crippen molar-refractivity contribution in [3.63, 3.8) is 0 Å². The van der Waals surface area contributed by atoms with Crippen LogP contribution in [-0.4, -0.2) is 116 Å². The van der Waals surface area contributed by atoms with Crippen molar-refractivity contribution in [1.29, 1.82) is 21.0 Å². The minimum absolute atomic E-state index is 0.175. The fraction of sp³-hybridized carbons (Fsp3) is 0.244. The zero-order valence-corrected chi connectivity index (χ0v) is 66.0. The first-order valence-corrected chi connectivity index (χ1v) is 37.2. The first-order valence-electron chi connectivity index (χ1n) is 37.2. The highest BCUT2D eigenvalue weighted by atomic mass is 16.5. The van der Waals surface area contributed by atoms with E-state index in [-0.39, 0.29) is 6.04 Å². The lowest BCUT2D eigenvalue weighted by Gasteiger charge is -2.10. The molecule has 0 aliphatic heterocycles. The molecule has 16 rings (SSSR count). The molecule has 0 aliphatic carbocycles. The van der Waals surface area contributed by atoms with Crippen LogP contribution in [0.2, 0.25) is 0 Å². The van der Waals surface area contributed by atoms with E-state index in [0.29, 0.717) is 74.2 Å². The van der Waals surface area contributed by atoms with Crippen LogP contribution in [0.3, 0.4) is 0 Å². The maximum Gasteiger partial charge on any atom is 0.162 e. The van der Waals surface area contributed by atoms with Gasteiger partial charge in [0.05, 0.1) is 172 Å². The molecule has 0 atom stereocenters. The Morgan fingerprint density at radius 2 is 0.588 bits per heavy atom. The van der Waals surface area contributed by atoms with Gasteiger partial charge in [-0.25, -0.2) is 0 Å². The minimum Gasteiger partial charge on any atom is -0.493 e. The number of nitrogens with zero attached hydrogens (tertiary/aromatic N) is 16. The Hall–Kier alpha value is -14.4. The third-order valence-corrected chi connectivity index (χ3v) is 19.6. The molecule has 24 heteroatoms. The number of nitriles is 4. The van der Waals surface area contributed by atoms with Gasteiger partial charge in [0.1, 0.15) is 22.8 Å². The van der Waals surface area contributed by atoms with Crippen LogP contribution in [0.5, 0.6) is 46.0 Å². The van der Waals surface area contributed by atoms with E-state index in [1.54, 1.807) is 56.9 Å². The maximum atomic E-state index is 9.12. The number of benzene rings is 8. The Balaban J connectivity index is 0.000000133. The Kier molecular flexibility index (Phi) is 23.4. The number of hydrogen-bond donors (Lipinski definition) is 0. The molecule has 0 radical (unpaired) electrons. The highest BCUT2D eigenvalue weighted by Gasteiger charge is 2.25. The summed E-state index contributed by atoms with van der Waals surface area (Å²) in [5.74, 6) is 5.60. The largest absolute Gasteiger partial charge is 0.493 e. The molecule has 8 aromatic carbocycles. The van der Waals surface area contributed by atoms with Gasteiger partial charge in [0.25, 0.3) is 0 Å². The zero-order chi connectivity index (χ0) is 80.4. The van der Waals surface area contributed by atoms with Crippen molar-refractivity contribution in [3.8, 4) is 115 Å². The van der Waals surface area contributed by atoms with Gasteiger partial charge >= 0.3 is 0 Å². The molecule has 572 valence electrons. The number of aromatic nitrogens is 12. The lowest BCUT2D eigenvalue weighted by atomic mass is 10.0. The summed E-state index contributed by atoms with van der Waals surface area (Å²) in [7, 11) is 13.0.